The smallest absolute Gasteiger partial charge is 0.254 e. The van der Waals surface area contributed by atoms with Gasteiger partial charge in [0.05, 0.1) is 38.9 Å². The summed E-state index contributed by atoms with van der Waals surface area (Å²) < 4.78 is 46.3. The maximum absolute atomic E-state index is 13.5. The normalized spacial score (nSPS) is 17.0. The van der Waals surface area contributed by atoms with Crippen molar-refractivity contribution in [2.45, 2.75) is 39.0 Å². The van der Waals surface area contributed by atoms with Crippen molar-refractivity contribution in [2.75, 3.05) is 32.8 Å². The van der Waals surface area contributed by atoms with E-state index in [-0.39, 0.29) is 30.1 Å². The number of rotatable bonds is 9. The molecule has 1 heterocycles. The molecule has 0 bridgehead atoms. The number of hydrogen-bond donors (Lipinski definition) is 0. The van der Waals surface area contributed by atoms with E-state index in [1.807, 2.05) is 13.8 Å². The summed E-state index contributed by atoms with van der Waals surface area (Å²) in [6.07, 6.45) is 0.416. The van der Waals surface area contributed by atoms with Crippen LogP contribution in [0.25, 0.3) is 0 Å². The summed E-state index contributed by atoms with van der Waals surface area (Å²) in [5.74, 6) is 1.81. The lowest BCUT2D eigenvalue weighted by Crippen LogP contribution is -2.40. The molecule has 0 unspecified atom stereocenters. The highest BCUT2D eigenvalue weighted by atomic mass is 32.2. The highest BCUT2D eigenvalue weighted by Gasteiger charge is 2.35. The molecule has 0 spiro atoms. The number of sulfone groups is 1. The minimum atomic E-state index is -3.19. The lowest BCUT2D eigenvalue weighted by atomic mass is 10.1. The number of carbonyl (C=O) groups excluding carboxylic acids is 1. The third kappa shape index (κ3) is 5.90. The van der Waals surface area contributed by atoms with Gasteiger partial charge in [0.15, 0.2) is 21.3 Å². The summed E-state index contributed by atoms with van der Waals surface area (Å²) in [6, 6.07) is 10.0. The van der Waals surface area contributed by atoms with Crippen molar-refractivity contribution in [2.24, 2.45) is 0 Å². The van der Waals surface area contributed by atoms with Crippen molar-refractivity contribution in [3.8, 4) is 23.0 Å². The van der Waals surface area contributed by atoms with Crippen LogP contribution in [-0.4, -0.2) is 64.2 Å². The first kappa shape index (κ1) is 24.7. The Morgan fingerprint density at radius 3 is 2.09 bits per heavy atom. The monoisotopic (exact) mass is 477 g/mol. The fourth-order valence-corrected chi connectivity index (χ4v) is 5.66. The highest BCUT2D eigenvalue weighted by molar-refractivity contribution is 7.91. The summed E-state index contributed by atoms with van der Waals surface area (Å²) in [5, 5.41) is 0. The molecule has 180 valence electrons. The number of ether oxygens (including phenoxy) is 4. The van der Waals surface area contributed by atoms with Crippen molar-refractivity contribution in [1.82, 2.24) is 4.90 Å². The molecule has 1 aliphatic rings. The van der Waals surface area contributed by atoms with Gasteiger partial charge in [0, 0.05) is 18.2 Å². The van der Waals surface area contributed by atoms with E-state index >= 15 is 0 Å². The van der Waals surface area contributed by atoms with Crippen LogP contribution in [0.2, 0.25) is 0 Å². The molecule has 1 amide bonds. The quantitative estimate of drug-likeness (QED) is 0.547. The van der Waals surface area contributed by atoms with E-state index in [2.05, 4.69) is 0 Å². The van der Waals surface area contributed by atoms with Crippen molar-refractivity contribution in [3.63, 3.8) is 0 Å². The van der Waals surface area contributed by atoms with Crippen LogP contribution < -0.4 is 18.9 Å². The maximum atomic E-state index is 13.5. The number of hydrogen-bond acceptors (Lipinski definition) is 7. The maximum Gasteiger partial charge on any atom is 0.254 e. The van der Waals surface area contributed by atoms with Crippen LogP contribution in [0.4, 0.5) is 0 Å². The second kappa shape index (κ2) is 10.3. The van der Waals surface area contributed by atoms with Gasteiger partial charge in [-0.1, -0.05) is 0 Å². The molecular weight excluding hydrogens is 446 g/mol. The number of benzene rings is 2. The predicted octanol–water partition coefficient (Wildman–Crippen LogP) is 3.33. The molecule has 0 aliphatic carbocycles. The van der Waals surface area contributed by atoms with E-state index in [1.54, 1.807) is 41.3 Å². The Morgan fingerprint density at radius 2 is 1.64 bits per heavy atom. The molecule has 0 aromatic heterocycles. The summed E-state index contributed by atoms with van der Waals surface area (Å²) >= 11 is 0. The van der Waals surface area contributed by atoms with Crippen LogP contribution in [0.5, 0.6) is 23.0 Å². The standard InChI is InChI=1S/C24H31NO7S/c1-16(2)32-20-8-6-18(7-9-20)24(26)25(19-10-11-33(27,28)15-19)14-17-12-21(29-3)23(31-5)22(13-17)30-4/h6-9,12-13,16,19H,10-11,14-15H2,1-5H3/t19-/m0/s1. The summed E-state index contributed by atoms with van der Waals surface area (Å²) in [4.78, 5) is 15.1. The van der Waals surface area contributed by atoms with Gasteiger partial charge >= 0.3 is 0 Å². The Kier molecular flexibility index (Phi) is 7.73. The van der Waals surface area contributed by atoms with Crippen LogP contribution in [-0.2, 0) is 16.4 Å². The molecule has 2 aromatic rings. The van der Waals surface area contributed by atoms with Crippen LogP contribution >= 0.6 is 0 Å². The lowest BCUT2D eigenvalue weighted by molar-refractivity contribution is 0.0680. The molecule has 33 heavy (non-hydrogen) atoms. The Morgan fingerprint density at radius 1 is 1.03 bits per heavy atom. The second-order valence-corrected chi connectivity index (χ2v) is 10.4. The van der Waals surface area contributed by atoms with E-state index in [1.165, 1.54) is 21.3 Å². The van der Waals surface area contributed by atoms with E-state index < -0.39 is 15.9 Å². The zero-order chi connectivity index (χ0) is 24.2. The van der Waals surface area contributed by atoms with Crippen molar-refractivity contribution < 1.29 is 32.2 Å². The van der Waals surface area contributed by atoms with Crippen molar-refractivity contribution in [3.05, 3.63) is 47.5 Å². The first-order valence-electron chi connectivity index (χ1n) is 10.7. The third-order valence-electron chi connectivity index (χ3n) is 5.46. The molecule has 9 heteroatoms. The molecule has 2 aromatic carbocycles. The van der Waals surface area contributed by atoms with Gasteiger partial charge < -0.3 is 23.8 Å². The number of nitrogens with zero attached hydrogens (tertiary/aromatic N) is 1. The Hall–Kier alpha value is -2.94. The third-order valence-corrected chi connectivity index (χ3v) is 7.21. The molecule has 3 rings (SSSR count). The average molecular weight is 478 g/mol. The predicted molar refractivity (Wildman–Crippen MR) is 125 cm³/mol. The molecule has 0 radical (unpaired) electrons. The van der Waals surface area contributed by atoms with Gasteiger partial charge in [-0.25, -0.2) is 8.42 Å². The Bertz CT molecular complexity index is 1060. The number of amides is 1. The van der Waals surface area contributed by atoms with Crippen molar-refractivity contribution in [1.29, 1.82) is 0 Å². The molecule has 8 nitrogen and oxygen atoms in total. The summed E-state index contributed by atoms with van der Waals surface area (Å²) in [7, 11) is 1.38. The molecule has 1 saturated heterocycles. The van der Waals surface area contributed by atoms with Crippen LogP contribution in [0, 0.1) is 0 Å². The first-order valence-corrected chi connectivity index (χ1v) is 12.6. The topological polar surface area (TPSA) is 91.4 Å². The Labute approximate surface area is 195 Å². The number of methoxy groups -OCH3 is 3. The molecule has 1 aliphatic heterocycles. The van der Waals surface area contributed by atoms with Crippen LogP contribution in [0.1, 0.15) is 36.2 Å². The van der Waals surface area contributed by atoms with E-state index in [0.29, 0.717) is 35.0 Å². The minimum Gasteiger partial charge on any atom is -0.493 e. The van der Waals surface area contributed by atoms with Crippen molar-refractivity contribution >= 4 is 15.7 Å². The van der Waals surface area contributed by atoms with E-state index in [0.717, 1.165) is 5.56 Å². The van der Waals surface area contributed by atoms with Gasteiger partial charge in [-0.3, -0.25) is 4.79 Å². The molecule has 1 fully saturated rings. The van der Waals surface area contributed by atoms with Gasteiger partial charge in [0.25, 0.3) is 5.91 Å². The molecule has 0 saturated carbocycles. The zero-order valence-corrected chi connectivity index (χ0v) is 20.5. The SMILES string of the molecule is COc1cc(CN(C(=O)c2ccc(OC(C)C)cc2)[C@H]2CCS(=O)(=O)C2)cc(OC)c1OC. The first-order chi connectivity index (χ1) is 15.7. The van der Waals surface area contributed by atoms with E-state index in [4.69, 9.17) is 18.9 Å². The second-order valence-electron chi connectivity index (χ2n) is 8.21. The fourth-order valence-electron chi connectivity index (χ4n) is 3.93. The zero-order valence-electron chi connectivity index (χ0n) is 19.7. The molecular formula is C24H31NO7S. The minimum absolute atomic E-state index is 0.0202. The fraction of sp³-hybridized carbons (Fsp3) is 0.458. The van der Waals surface area contributed by atoms with Gasteiger partial charge in [0.2, 0.25) is 5.75 Å². The van der Waals surface area contributed by atoms with Gasteiger partial charge in [0.1, 0.15) is 5.75 Å². The van der Waals surface area contributed by atoms with Gasteiger partial charge in [-0.05, 0) is 62.2 Å². The Balaban J connectivity index is 1.95. The molecule has 0 N–H and O–H groups in total. The van der Waals surface area contributed by atoms with Gasteiger partial charge in [-0.15, -0.1) is 0 Å². The highest BCUT2D eigenvalue weighted by Crippen LogP contribution is 2.39. The number of carbonyl (C=O) groups is 1. The van der Waals surface area contributed by atoms with Crippen LogP contribution in [0.3, 0.4) is 0 Å². The summed E-state index contributed by atoms with van der Waals surface area (Å²) in [6.45, 7) is 4.05. The summed E-state index contributed by atoms with van der Waals surface area (Å²) in [5.41, 5.74) is 1.20. The lowest BCUT2D eigenvalue weighted by Gasteiger charge is -2.29. The largest absolute Gasteiger partial charge is 0.493 e. The van der Waals surface area contributed by atoms with Gasteiger partial charge in [-0.2, -0.15) is 0 Å². The molecule has 1 atom stereocenters. The van der Waals surface area contributed by atoms with E-state index in [9.17, 15) is 13.2 Å². The van der Waals surface area contributed by atoms with Crippen LogP contribution in [0.15, 0.2) is 36.4 Å². The average Bonchev–Trinajstić information content (AvgIpc) is 3.15.